The maximum Gasteiger partial charge on any atom is 0.215 e. The van der Waals surface area contributed by atoms with Crippen molar-refractivity contribution in [2.45, 2.75) is 6.92 Å². The van der Waals surface area contributed by atoms with Crippen molar-refractivity contribution in [2.75, 3.05) is 0 Å². The van der Waals surface area contributed by atoms with E-state index in [0.29, 0.717) is 0 Å². The van der Waals surface area contributed by atoms with Crippen molar-refractivity contribution < 1.29 is 0 Å². The normalized spacial score (nSPS) is 11.5. The SMILES string of the molecule is Cc1ccc2c(c1)n1cc(-c3ccccc3)nc1n2C. The van der Waals surface area contributed by atoms with Crippen LogP contribution in [0.3, 0.4) is 0 Å². The molecule has 20 heavy (non-hydrogen) atoms. The van der Waals surface area contributed by atoms with Crippen LogP contribution in [0.25, 0.3) is 28.1 Å². The Balaban J connectivity index is 2.05. The molecule has 2 heterocycles. The van der Waals surface area contributed by atoms with Gasteiger partial charge in [0.2, 0.25) is 5.78 Å². The van der Waals surface area contributed by atoms with Gasteiger partial charge in [0, 0.05) is 18.8 Å². The minimum Gasteiger partial charge on any atom is -0.313 e. The summed E-state index contributed by atoms with van der Waals surface area (Å²) in [7, 11) is 2.06. The van der Waals surface area contributed by atoms with E-state index in [9.17, 15) is 0 Å². The maximum atomic E-state index is 4.78. The van der Waals surface area contributed by atoms with Crippen molar-refractivity contribution in [2.24, 2.45) is 7.05 Å². The van der Waals surface area contributed by atoms with Gasteiger partial charge in [0.05, 0.1) is 16.7 Å². The molecule has 0 atom stereocenters. The van der Waals surface area contributed by atoms with Crippen LogP contribution in [0.15, 0.2) is 54.7 Å². The Kier molecular flexibility index (Phi) is 2.24. The second kappa shape index (κ2) is 3.97. The maximum absolute atomic E-state index is 4.78. The zero-order valence-electron chi connectivity index (χ0n) is 11.5. The zero-order chi connectivity index (χ0) is 13.7. The minimum absolute atomic E-state index is 0.976. The first-order valence-corrected chi connectivity index (χ1v) is 6.73. The largest absolute Gasteiger partial charge is 0.313 e. The first kappa shape index (κ1) is 11.3. The van der Waals surface area contributed by atoms with Crippen LogP contribution in [0.5, 0.6) is 0 Å². The van der Waals surface area contributed by atoms with Gasteiger partial charge < -0.3 is 4.57 Å². The molecule has 0 radical (unpaired) electrons. The van der Waals surface area contributed by atoms with E-state index >= 15 is 0 Å². The molecule has 0 N–H and O–H groups in total. The number of nitrogens with zero attached hydrogens (tertiary/aromatic N) is 3. The quantitative estimate of drug-likeness (QED) is 0.511. The van der Waals surface area contributed by atoms with Crippen LogP contribution in [0.4, 0.5) is 0 Å². The van der Waals surface area contributed by atoms with Crippen molar-refractivity contribution >= 4 is 16.8 Å². The second-order valence-corrected chi connectivity index (χ2v) is 5.21. The lowest BCUT2D eigenvalue weighted by Crippen LogP contribution is -1.88. The molecule has 0 saturated heterocycles. The monoisotopic (exact) mass is 261 g/mol. The van der Waals surface area contributed by atoms with Crippen LogP contribution in [-0.4, -0.2) is 14.0 Å². The van der Waals surface area contributed by atoms with Gasteiger partial charge in [0.25, 0.3) is 0 Å². The van der Waals surface area contributed by atoms with Gasteiger partial charge in [-0.1, -0.05) is 36.4 Å². The molecular formula is C17H15N3. The molecule has 0 bridgehead atoms. The van der Waals surface area contributed by atoms with E-state index in [2.05, 4.69) is 59.5 Å². The Morgan fingerprint density at radius 1 is 0.950 bits per heavy atom. The van der Waals surface area contributed by atoms with Crippen molar-refractivity contribution in [3.05, 3.63) is 60.3 Å². The molecule has 0 saturated carbocycles. The summed E-state index contributed by atoms with van der Waals surface area (Å²) in [6, 6.07) is 16.8. The third-order valence-electron chi connectivity index (χ3n) is 3.81. The molecule has 0 aliphatic carbocycles. The van der Waals surface area contributed by atoms with E-state index in [1.807, 2.05) is 18.2 Å². The van der Waals surface area contributed by atoms with Crippen LogP contribution in [-0.2, 0) is 7.05 Å². The van der Waals surface area contributed by atoms with Gasteiger partial charge >= 0.3 is 0 Å². The lowest BCUT2D eigenvalue weighted by Gasteiger charge is -1.98. The van der Waals surface area contributed by atoms with E-state index in [1.165, 1.54) is 16.6 Å². The highest BCUT2D eigenvalue weighted by molar-refractivity contribution is 5.82. The molecule has 0 aliphatic heterocycles. The number of fused-ring (bicyclic) bond motifs is 3. The fourth-order valence-electron chi connectivity index (χ4n) is 2.75. The average molecular weight is 261 g/mol. The van der Waals surface area contributed by atoms with Crippen LogP contribution in [0.2, 0.25) is 0 Å². The number of rotatable bonds is 1. The molecule has 0 aliphatic rings. The van der Waals surface area contributed by atoms with Gasteiger partial charge in [-0.3, -0.25) is 4.40 Å². The molecule has 0 spiro atoms. The number of aromatic nitrogens is 3. The standard InChI is InChI=1S/C17H15N3/c1-12-8-9-15-16(10-12)20-11-14(18-17(20)19(15)2)13-6-4-3-5-7-13/h3-11H,1-2H3. The molecule has 2 aromatic heterocycles. The highest BCUT2D eigenvalue weighted by atomic mass is 15.2. The van der Waals surface area contributed by atoms with E-state index in [1.54, 1.807) is 0 Å². The molecule has 2 aromatic carbocycles. The molecule has 3 nitrogen and oxygen atoms in total. The Bertz CT molecular complexity index is 914. The molecule has 0 fully saturated rings. The first-order valence-electron chi connectivity index (χ1n) is 6.73. The predicted octanol–water partition coefficient (Wildman–Crippen LogP) is 3.80. The number of imidazole rings is 2. The number of hydrogen-bond donors (Lipinski definition) is 0. The Hall–Kier alpha value is -2.55. The lowest BCUT2D eigenvalue weighted by molar-refractivity contribution is 0.970. The Morgan fingerprint density at radius 2 is 1.75 bits per heavy atom. The van der Waals surface area contributed by atoms with Crippen molar-refractivity contribution in [3.63, 3.8) is 0 Å². The number of hydrogen-bond acceptors (Lipinski definition) is 1. The fraction of sp³-hybridized carbons (Fsp3) is 0.118. The Morgan fingerprint density at radius 3 is 2.55 bits per heavy atom. The molecule has 0 amide bonds. The highest BCUT2D eigenvalue weighted by Crippen LogP contribution is 2.25. The van der Waals surface area contributed by atoms with Crippen LogP contribution < -0.4 is 0 Å². The van der Waals surface area contributed by atoms with Gasteiger partial charge in [-0.05, 0) is 24.6 Å². The first-order chi connectivity index (χ1) is 9.74. The molecule has 0 unspecified atom stereocenters. The topological polar surface area (TPSA) is 22.2 Å². The van der Waals surface area contributed by atoms with E-state index < -0.39 is 0 Å². The van der Waals surface area contributed by atoms with Gasteiger partial charge in [-0.15, -0.1) is 0 Å². The lowest BCUT2D eigenvalue weighted by atomic mass is 10.2. The summed E-state index contributed by atoms with van der Waals surface area (Å²) in [4.78, 5) is 4.78. The van der Waals surface area contributed by atoms with Gasteiger partial charge in [0.15, 0.2) is 0 Å². The summed E-state index contributed by atoms with van der Waals surface area (Å²) in [6.07, 6.45) is 2.12. The Labute approximate surface area is 117 Å². The minimum atomic E-state index is 0.976. The summed E-state index contributed by atoms with van der Waals surface area (Å²) in [5, 5.41) is 0. The smallest absolute Gasteiger partial charge is 0.215 e. The molecule has 4 rings (SSSR count). The third kappa shape index (κ3) is 1.50. The van der Waals surface area contributed by atoms with Gasteiger partial charge in [-0.25, -0.2) is 4.98 Å². The van der Waals surface area contributed by atoms with Crippen molar-refractivity contribution in [1.29, 1.82) is 0 Å². The zero-order valence-corrected chi connectivity index (χ0v) is 11.5. The van der Waals surface area contributed by atoms with Gasteiger partial charge in [0.1, 0.15) is 0 Å². The molecular weight excluding hydrogens is 246 g/mol. The van der Waals surface area contributed by atoms with E-state index in [0.717, 1.165) is 17.0 Å². The van der Waals surface area contributed by atoms with Crippen molar-refractivity contribution in [1.82, 2.24) is 14.0 Å². The van der Waals surface area contributed by atoms with Gasteiger partial charge in [-0.2, -0.15) is 0 Å². The predicted molar refractivity (Wildman–Crippen MR) is 81.8 cm³/mol. The van der Waals surface area contributed by atoms with Crippen LogP contribution >= 0.6 is 0 Å². The highest BCUT2D eigenvalue weighted by Gasteiger charge is 2.12. The second-order valence-electron chi connectivity index (χ2n) is 5.21. The summed E-state index contributed by atoms with van der Waals surface area (Å²) in [5.41, 5.74) is 5.84. The molecule has 98 valence electrons. The van der Waals surface area contributed by atoms with Crippen LogP contribution in [0.1, 0.15) is 5.56 Å². The van der Waals surface area contributed by atoms with E-state index in [4.69, 9.17) is 4.98 Å². The number of benzene rings is 2. The van der Waals surface area contributed by atoms with Crippen LogP contribution in [0, 0.1) is 6.92 Å². The summed E-state index contributed by atoms with van der Waals surface area (Å²) >= 11 is 0. The van der Waals surface area contributed by atoms with Crippen molar-refractivity contribution in [3.8, 4) is 11.3 Å². The molecule has 4 aromatic rings. The average Bonchev–Trinajstić information content (AvgIpc) is 3.01. The van der Waals surface area contributed by atoms with E-state index in [-0.39, 0.29) is 0 Å². The summed E-state index contributed by atoms with van der Waals surface area (Å²) < 4.78 is 4.31. The molecule has 3 heteroatoms. The summed E-state index contributed by atoms with van der Waals surface area (Å²) in [5.74, 6) is 0.976. The number of aryl methyl sites for hydroxylation is 2. The summed E-state index contributed by atoms with van der Waals surface area (Å²) in [6.45, 7) is 2.12. The fourth-order valence-corrected chi connectivity index (χ4v) is 2.75. The third-order valence-corrected chi connectivity index (χ3v) is 3.81.